The third-order valence-corrected chi connectivity index (χ3v) is 11.5. The molecule has 0 aliphatic carbocycles. The van der Waals surface area contributed by atoms with Gasteiger partial charge in [0.1, 0.15) is 6.10 Å². The number of unbranched alkanes of at least 4 members (excludes halogenated alkanes) is 27. The van der Waals surface area contributed by atoms with E-state index in [0.29, 0.717) is 19.3 Å². The molecule has 1 amide bonds. The van der Waals surface area contributed by atoms with Crippen LogP contribution in [0.25, 0.3) is 0 Å². The highest BCUT2D eigenvalue weighted by Crippen LogP contribution is 2.17. The SMILES string of the molecule is CC/C=C/C=C/C=C\C=C/C=C/CCCC(CC(=O)NC(CO)C(O)CCCCCCCCCCCCCC)OC(=O)CCCCCCCCCCCCCCCCCC. The molecule has 3 unspecified atom stereocenters. The van der Waals surface area contributed by atoms with Gasteiger partial charge in [-0.15, -0.1) is 0 Å². The van der Waals surface area contributed by atoms with E-state index in [9.17, 15) is 19.8 Å². The van der Waals surface area contributed by atoms with E-state index in [1.54, 1.807) is 0 Å². The summed E-state index contributed by atoms with van der Waals surface area (Å²) in [5.74, 6) is -0.541. The molecule has 0 aromatic rings. The van der Waals surface area contributed by atoms with Crippen LogP contribution in [0.5, 0.6) is 0 Å². The number of hydrogen-bond acceptors (Lipinski definition) is 5. The fourth-order valence-electron chi connectivity index (χ4n) is 7.63. The molecule has 3 atom stereocenters. The normalized spacial score (nSPS) is 13.8. The second-order valence-corrected chi connectivity index (χ2v) is 17.3. The summed E-state index contributed by atoms with van der Waals surface area (Å²) in [7, 11) is 0. The van der Waals surface area contributed by atoms with Crippen molar-refractivity contribution in [3.05, 3.63) is 60.8 Å². The molecule has 0 aliphatic rings. The zero-order valence-electron chi connectivity index (χ0n) is 39.6. The lowest BCUT2D eigenvalue weighted by Crippen LogP contribution is -2.46. The number of aliphatic hydroxyl groups excluding tert-OH is 2. The molecule has 0 bridgehead atoms. The second kappa shape index (κ2) is 47.6. The van der Waals surface area contributed by atoms with Gasteiger partial charge in [0.2, 0.25) is 5.91 Å². The standard InChI is InChI=1S/C54H97NO5/c1-4-7-10-13-16-19-22-25-26-27-29-32-35-38-41-44-47-54(59)60-50(45-42-39-36-33-30-28-23-20-17-14-11-8-5-2)48-53(58)55-51(49-56)52(57)46-43-40-37-34-31-24-21-18-15-12-9-6-3/h8,11,14,17,20,23,28,30,33,36,50-52,56-57H,4-7,9-10,12-13,15-16,18-19,21-22,24-27,29,31-32,34-35,37-49H2,1-3H3,(H,55,58)/b11-8+,17-14+,23-20-,30-28-,36-33+. The second-order valence-electron chi connectivity index (χ2n) is 17.3. The Labute approximate surface area is 371 Å². The smallest absolute Gasteiger partial charge is 0.306 e. The highest BCUT2D eigenvalue weighted by atomic mass is 16.5. The zero-order valence-corrected chi connectivity index (χ0v) is 39.6. The summed E-state index contributed by atoms with van der Waals surface area (Å²) in [6, 6.07) is -0.723. The van der Waals surface area contributed by atoms with E-state index < -0.39 is 18.2 Å². The van der Waals surface area contributed by atoms with Crippen LogP contribution in [0, 0.1) is 0 Å². The van der Waals surface area contributed by atoms with E-state index in [0.717, 1.165) is 57.8 Å². The third-order valence-electron chi connectivity index (χ3n) is 11.5. The monoisotopic (exact) mass is 840 g/mol. The predicted octanol–water partition coefficient (Wildman–Crippen LogP) is 15.2. The minimum atomic E-state index is -0.806. The average molecular weight is 840 g/mol. The first-order valence-corrected chi connectivity index (χ1v) is 25.6. The summed E-state index contributed by atoms with van der Waals surface area (Å²) in [6.45, 7) is 6.32. The van der Waals surface area contributed by atoms with Crippen LogP contribution in [-0.2, 0) is 14.3 Å². The van der Waals surface area contributed by atoms with E-state index in [1.807, 2.05) is 48.6 Å². The zero-order chi connectivity index (χ0) is 43.8. The van der Waals surface area contributed by atoms with Crippen LogP contribution in [-0.4, -0.2) is 46.9 Å². The Morgan fingerprint density at radius 1 is 0.500 bits per heavy atom. The summed E-state index contributed by atoms with van der Waals surface area (Å²) in [4.78, 5) is 26.1. The van der Waals surface area contributed by atoms with Crippen molar-refractivity contribution in [2.24, 2.45) is 0 Å². The lowest BCUT2D eigenvalue weighted by Gasteiger charge is -2.24. The molecule has 60 heavy (non-hydrogen) atoms. The van der Waals surface area contributed by atoms with Crippen LogP contribution in [0.2, 0.25) is 0 Å². The Morgan fingerprint density at radius 2 is 0.900 bits per heavy atom. The van der Waals surface area contributed by atoms with Gasteiger partial charge in [-0.05, 0) is 38.5 Å². The van der Waals surface area contributed by atoms with E-state index >= 15 is 0 Å². The van der Waals surface area contributed by atoms with E-state index in [2.05, 4.69) is 38.2 Å². The summed E-state index contributed by atoms with van der Waals surface area (Å²) in [5, 5.41) is 23.7. The molecule has 3 N–H and O–H groups in total. The van der Waals surface area contributed by atoms with Crippen LogP contribution in [0.1, 0.15) is 245 Å². The maximum absolute atomic E-state index is 13.2. The van der Waals surface area contributed by atoms with Gasteiger partial charge in [0.05, 0.1) is 25.2 Å². The van der Waals surface area contributed by atoms with Crippen molar-refractivity contribution in [3.8, 4) is 0 Å². The molecule has 348 valence electrons. The molecular weight excluding hydrogens is 743 g/mol. The Bertz CT molecular complexity index is 1080. The lowest BCUT2D eigenvalue weighted by molar-refractivity contribution is -0.151. The molecule has 0 radical (unpaired) electrons. The maximum atomic E-state index is 13.2. The quantitative estimate of drug-likeness (QED) is 0.0322. The topological polar surface area (TPSA) is 95.9 Å². The van der Waals surface area contributed by atoms with Gasteiger partial charge < -0.3 is 20.3 Å². The van der Waals surface area contributed by atoms with Crippen molar-refractivity contribution >= 4 is 11.9 Å². The van der Waals surface area contributed by atoms with Crippen molar-refractivity contribution < 1.29 is 24.5 Å². The van der Waals surface area contributed by atoms with E-state index in [1.165, 1.54) is 141 Å². The molecule has 0 saturated heterocycles. The number of carbonyl (C=O) groups excluding carboxylic acids is 2. The minimum Gasteiger partial charge on any atom is -0.462 e. The molecule has 0 saturated carbocycles. The molecule has 0 rings (SSSR count). The number of allylic oxidation sites excluding steroid dienone is 10. The number of hydrogen-bond donors (Lipinski definition) is 3. The first kappa shape index (κ1) is 57.6. The number of aliphatic hydroxyl groups is 2. The van der Waals surface area contributed by atoms with Gasteiger partial charge in [-0.1, -0.05) is 255 Å². The highest BCUT2D eigenvalue weighted by Gasteiger charge is 2.24. The predicted molar refractivity (Wildman–Crippen MR) is 259 cm³/mol. The number of amides is 1. The van der Waals surface area contributed by atoms with Gasteiger partial charge >= 0.3 is 5.97 Å². The summed E-state index contributed by atoms with van der Waals surface area (Å²) in [5.41, 5.74) is 0. The number of esters is 1. The van der Waals surface area contributed by atoms with Crippen LogP contribution in [0.15, 0.2) is 60.8 Å². The molecule has 0 aromatic heterocycles. The number of rotatable bonds is 45. The van der Waals surface area contributed by atoms with E-state index in [4.69, 9.17) is 4.74 Å². The Morgan fingerprint density at radius 3 is 1.33 bits per heavy atom. The van der Waals surface area contributed by atoms with Gasteiger partial charge in [0, 0.05) is 6.42 Å². The van der Waals surface area contributed by atoms with Crippen molar-refractivity contribution in [1.29, 1.82) is 0 Å². The van der Waals surface area contributed by atoms with Crippen molar-refractivity contribution in [2.75, 3.05) is 6.61 Å². The van der Waals surface area contributed by atoms with Gasteiger partial charge in [0.15, 0.2) is 0 Å². The molecule has 0 aliphatic heterocycles. The van der Waals surface area contributed by atoms with Gasteiger partial charge in [-0.2, -0.15) is 0 Å². The third kappa shape index (κ3) is 42.3. The van der Waals surface area contributed by atoms with Crippen LogP contribution < -0.4 is 5.32 Å². The average Bonchev–Trinajstić information content (AvgIpc) is 3.24. The van der Waals surface area contributed by atoms with Crippen LogP contribution in [0.3, 0.4) is 0 Å². The Balaban J connectivity index is 4.64. The van der Waals surface area contributed by atoms with E-state index in [-0.39, 0.29) is 24.9 Å². The molecule has 0 fully saturated rings. The highest BCUT2D eigenvalue weighted by molar-refractivity contribution is 5.77. The van der Waals surface area contributed by atoms with Crippen LogP contribution >= 0.6 is 0 Å². The molecule has 6 nitrogen and oxygen atoms in total. The minimum absolute atomic E-state index is 0.0297. The summed E-state index contributed by atoms with van der Waals surface area (Å²) < 4.78 is 5.89. The lowest BCUT2D eigenvalue weighted by atomic mass is 10.0. The summed E-state index contributed by atoms with van der Waals surface area (Å²) in [6.07, 6.45) is 58.6. The maximum Gasteiger partial charge on any atom is 0.306 e. The first-order chi connectivity index (χ1) is 29.5. The molecule has 6 heteroatoms. The Hall–Kier alpha value is -2.44. The first-order valence-electron chi connectivity index (χ1n) is 25.6. The largest absolute Gasteiger partial charge is 0.462 e. The summed E-state index contributed by atoms with van der Waals surface area (Å²) >= 11 is 0. The van der Waals surface area contributed by atoms with Crippen molar-refractivity contribution in [3.63, 3.8) is 0 Å². The van der Waals surface area contributed by atoms with Gasteiger partial charge in [-0.25, -0.2) is 0 Å². The number of carbonyl (C=O) groups is 2. The van der Waals surface area contributed by atoms with Crippen molar-refractivity contribution in [1.82, 2.24) is 5.32 Å². The Kier molecular flexibility index (Phi) is 45.7. The molecule has 0 heterocycles. The van der Waals surface area contributed by atoms with Crippen molar-refractivity contribution in [2.45, 2.75) is 264 Å². The fourth-order valence-corrected chi connectivity index (χ4v) is 7.63. The van der Waals surface area contributed by atoms with Gasteiger partial charge in [0.25, 0.3) is 0 Å². The molecule has 0 spiro atoms. The van der Waals surface area contributed by atoms with Gasteiger partial charge in [-0.3, -0.25) is 9.59 Å². The number of ether oxygens (including phenoxy) is 1. The number of nitrogens with one attached hydrogen (secondary N) is 1. The fraction of sp³-hybridized carbons (Fsp3) is 0.778. The molecule has 0 aromatic carbocycles. The molecular formula is C54H97NO5. The van der Waals surface area contributed by atoms with Crippen LogP contribution in [0.4, 0.5) is 0 Å².